The van der Waals surface area contributed by atoms with Crippen LogP contribution in [0, 0.1) is 10.5 Å². The number of alkyl halides is 1. The van der Waals surface area contributed by atoms with E-state index < -0.39 is 0 Å². The average Bonchev–Trinajstić information content (AvgIpc) is 2.10. The van der Waals surface area contributed by atoms with Gasteiger partial charge in [-0.05, 0) is 47.2 Å². The minimum atomic E-state index is 0.0656. The molecule has 0 saturated heterocycles. The summed E-state index contributed by atoms with van der Waals surface area (Å²) >= 11 is 11.2. The Labute approximate surface area is 104 Å². The molecule has 0 aliphatic heterocycles. The van der Waals surface area contributed by atoms with E-state index in [0.717, 1.165) is 9.13 Å². The Morgan fingerprint density at radius 1 is 1.62 bits per heavy atom. The van der Waals surface area contributed by atoms with Crippen molar-refractivity contribution in [2.24, 2.45) is 0 Å². The molecule has 0 spiro atoms. The van der Waals surface area contributed by atoms with Crippen molar-refractivity contribution in [2.45, 2.75) is 6.92 Å². The van der Waals surface area contributed by atoms with Crippen molar-refractivity contribution < 1.29 is 4.79 Å². The molecule has 1 rings (SSSR count). The SMILES string of the molecule is Cc1cc(I)c(Cl)cc1C(=O)CBr. The average molecular weight is 373 g/mol. The second-order valence-electron chi connectivity index (χ2n) is 2.64. The number of aryl methyl sites for hydroxylation is 1. The molecule has 1 aromatic rings. The maximum atomic E-state index is 11.4. The quantitative estimate of drug-likeness (QED) is 0.437. The maximum Gasteiger partial charge on any atom is 0.173 e. The summed E-state index contributed by atoms with van der Waals surface area (Å²) < 4.78 is 0.975. The topological polar surface area (TPSA) is 17.1 Å². The van der Waals surface area contributed by atoms with Crippen LogP contribution in [0.4, 0.5) is 0 Å². The summed E-state index contributed by atoms with van der Waals surface area (Å²) in [7, 11) is 0. The predicted octanol–water partition coefficient (Wildman–Crippen LogP) is 3.83. The Balaban J connectivity index is 3.23. The summed E-state index contributed by atoms with van der Waals surface area (Å²) in [4.78, 5) is 11.4. The van der Waals surface area contributed by atoms with E-state index in [1.54, 1.807) is 6.07 Å². The van der Waals surface area contributed by atoms with Gasteiger partial charge in [-0.25, -0.2) is 0 Å². The first-order chi connectivity index (χ1) is 6.06. The van der Waals surface area contributed by atoms with E-state index in [1.807, 2.05) is 13.0 Å². The fourth-order valence-corrected chi connectivity index (χ4v) is 2.11. The van der Waals surface area contributed by atoms with Gasteiger partial charge < -0.3 is 0 Å². The molecule has 0 N–H and O–H groups in total. The highest BCUT2D eigenvalue weighted by Crippen LogP contribution is 2.23. The minimum absolute atomic E-state index is 0.0656. The van der Waals surface area contributed by atoms with Crippen LogP contribution in [-0.2, 0) is 0 Å². The first kappa shape index (κ1) is 11.5. The Hall–Kier alpha value is 0.390. The van der Waals surface area contributed by atoms with Crippen LogP contribution in [-0.4, -0.2) is 11.1 Å². The largest absolute Gasteiger partial charge is 0.293 e. The van der Waals surface area contributed by atoms with Crippen molar-refractivity contribution in [2.75, 3.05) is 5.33 Å². The number of halogens is 3. The second kappa shape index (κ2) is 4.75. The molecule has 0 atom stereocenters. The predicted molar refractivity (Wildman–Crippen MR) is 67.0 cm³/mol. The first-order valence-corrected chi connectivity index (χ1v) is 6.19. The molecule has 70 valence electrons. The van der Waals surface area contributed by atoms with Crippen LogP contribution in [0.5, 0.6) is 0 Å². The van der Waals surface area contributed by atoms with Crippen LogP contribution in [0.1, 0.15) is 15.9 Å². The van der Waals surface area contributed by atoms with Crippen LogP contribution in [0.15, 0.2) is 12.1 Å². The number of ketones is 1. The van der Waals surface area contributed by atoms with Gasteiger partial charge in [0.15, 0.2) is 5.78 Å². The molecular formula is C9H7BrClIO. The highest BCUT2D eigenvalue weighted by molar-refractivity contribution is 14.1. The zero-order valence-corrected chi connectivity index (χ0v) is 11.4. The van der Waals surface area contributed by atoms with Gasteiger partial charge in [-0.1, -0.05) is 27.5 Å². The Morgan fingerprint density at radius 3 is 2.77 bits per heavy atom. The van der Waals surface area contributed by atoms with Crippen molar-refractivity contribution in [1.29, 1.82) is 0 Å². The summed E-state index contributed by atoms with van der Waals surface area (Å²) in [6, 6.07) is 3.64. The summed E-state index contributed by atoms with van der Waals surface area (Å²) in [5.41, 5.74) is 1.67. The Bertz CT molecular complexity index is 352. The van der Waals surface area contributed by atoms with Gasteiger partial charge >= 0.3 is 0 Å². The zero-order valence-electron chi connectivity index (χ0n) is 6.90. The van der Waals surface area contributed by atoms with E-state index in [1.165, 1.54) is 0 Å². The molecule has 0 amide bonds. The van der Waals surface area contributed by atoms with Crippen LogP contribution >= 0.6 is 50.1 Å². The van der Waals surface area contributed by atoms with E-state index in [2.05, 4.69) is 38.5 Å². The Kier molecular flexibility index (Phi) is 4.19. The maximum absolute atomic E-state index is 11.4. The lowest BCUT2D eigenvalue weighted by molar-refractivity contribution is 0.102. The van der Waals surface area contributed by atoms with Crippen molar-refractivity contribution in [3.8, 4) is 0 Å². The fraction of sp³-hybridized carbons (Fsp3) is 0.222. The van der Waals surface area contributed by atoms with E-state index >= 15 is 0 Å². The summed E-state index contributed by atoms with van der Waals surface area (Å²) in [5.74, 6) is 0.0656. The monoisotopic (exact) mass is 372 g/mol. The molecule has 13 heavy (non-hydrogen) atoms. The van der Waals surface area contributed by atoms with E-state index in [4.69, 9.17) is 11.6 Å². The summed E-state index contributed by atoms with van der Waals surface area (Å²) in [5, 5.41) is 0.973. The molecule has 1 aromatic carbocycles. The number of hydrogen-bond acceptors (Lipinski definition) is 1. The first-order valence-electron chi connectivity index (χ1n) is 3.61. The lowest BCUT2D eigenvalue weighted by Crippen LogP contribution is -2.03. The molecule has 0 heterocycles. The molecule has 0 saturated carbocycles. The normalized spacial score (nSPS) is 10.2. The summed E-state index contributed by atoms with van der Waals surface area (Å²) in [6.07, 6.45) is 0. The number of benzene rings is 1. The number of carbonyl (C=O) groups excluding carboxylic acids is 1. The van der Waals surface area contributed by atoms with Crippen LogP contribution in [0.2, 0.25) is 5.02 Å². The number of hydrogen-bond donors (Lipinski definition) is 0. The Morgan fingerprint density at radius 2 is 2.23 bits per heavy atom. The third-order valence-corrected chi connectivity index (χ3v) is 3.72. The van der Waals surface area contributed by atoms with E-state index in [0.29, 0.717) is 15.9 Å². The van der Waals surface area contributed by atoms with Gasteiger partial charge in [0, 0.05) is 9.13 Å². The second-order valence-corrected chi connectivity index (χ2v) is 4.77. The summed E-state index contributed by atoms with van der Waals surface area (Å²) in [6.45, 7) is 1.91. The van der Waals surface area contributed by atoms with Gasteiger partial charge in [0.2, 0.25) is 0 Å². The number of rotatable bonds is 2. The highest BCUT2D eigenvalue weighted by Gasteiger charge is 2.09. The van der Waals surface area contributed by atoms with Gasteiger partial charge in [-0.3, -0.25) is 4.79 Å². The lowest BCUT2D eigenvalue weighted by Gasteiger charge is -2.04. The molecule has 0 aliphatic carbocycles. The molecule has 1 nitrogen and oxygen atoms in total. The van der Waals surface area contributed by atoms with Crippen molar-refractivity contribution in [3.05, 3.63) is 31.9 Å². The lowest BCUT2D eigenvalue weighted by atomic mass is 10.1. The third kappa shape index (κ3) is 2.67. The zero-order chi connectivity index (χ0) is 10.0. The molecular weight excluding hydrogens is 366 g/mol. The molecule has 0 bridgehead atoms. The number of carbonyl (C=O) groups is 1. The van der Waals surface area contributed by atoms with E-state index in [-0.39, 0.29) is 5.78 Å². The van der Waals surface area contributed by atoms with Crippen LogP contribution < -0.4 is 0 Å². The molecule has 4 heteroatoms. The highest BCUT2D eigenvalue weighted by atomic mass is 127. The van der Waals surface area contributed by atoms with Crippen molar-refractivity contribution in [3.63, 3.8) is 0 Å². The van der Waals surface area contributed by atoms with Crippen LogP contribution in [0.3, 0.4) is 0 Å². The number of Topliss-reactive ketones (excluding diaryl/α,β-unsaturated/α-hetero) is 1. The van der Waals surface area contributed by atoms with Crippen molar-refractivity contribution >= 4 is 55.9 Å². The molecule has 0 fully saturated rings. The molecule has 0 unspecified atom stereocenters. The van der Waals surface area contributed by atoms with Crippen molar-refractivity contribution in [1.82, 2.24) is 0 Å². The van der Waals surface area contributed by atoms with Crippen LogP contribution in [0.25, 0.3) is 0 Å². The third-order valence-electron chi connectivity index (χ3n) is 1.69. The molecule has 0 radical (unpaired) electrons. The van der Waals surface area contributed by atoms with Gasteiger partial charge in [0.1, 0.15) is 0 Å². The van der Waals surface area contributed by atoms with Gasteiger partial charge in [0.05, 0.1) is 10.4 Å². The minimum Gasteiger partial charge on any atom is -0.293 e. The van der Waals surface area contributed by atoms with Gasteiger partial charge in [0.25, 0.3) is 0 Å². The standard InChI is InChI=1S/C9H7BrClIO/c1-5-2-8(12)7(11)3-6(5)9(13)4-10/h2-3H,4H2,1H3. The van der Waals surface area contributed by atoms with Gasteiger partial charge in [-0.15, -0.1) is 0 Å². The molecule has 0 aromatic heterocycles. The fourth-order valence-electron chi connectivity index (χ4n) is 1.02. The molecule has 0 aliphatic rings. The van der Waals surface area contributed by atoms with E-state index in [9.17, 15) is 4.79 Å². The smallest absolute Gasteiger partial charge is 0.173 e. The van der Waals surface area contributed by atoms with Gasteiger partial charge in [-0.2, -0.15) is 0 Å².